The highest BCUT2D eigenvalue weighted by Gasteiger charge is 2.15. The summed E-state index contributed by atoms with van der Waals surface area (Å²) in [5.74, 6) is 0.685. The first-order valence-corrected chi connectivity index (χ1v) is 10.9. The van der Waals surface area contributed by atoms with Crippen LogP contribution in [0.2, 0.25) is 0 Å². The Hall–Kier alpha value is -4.66. The minimum atomic E-state index is -0.378. The summed E-state index contributed by atoms with van der Waals surface area (Å²) >= 11 is 0. The Morgan fingerprint density at radius 1 is 0.686 bits per heavy atom. The zero-order chi connectivity index (χ0) is 25.4. The van der Waals surface area contributed by atoms with Gasteiger partial charge < -0.3 is 27.0 Å². The molecule has 180 valence electrons. The van der Waals surface area contributed by atoms with Gasteiger partial charge in [-0.2, -0.15) is 0 Å². The molecule has 6 N–H and O–H groups in total. The van der Waals surface area contributed by atoms with E-state index >= 15 is 0 Å². The molecular weight excluding hydrogens is 442 g/mol. The molecule has 0 fully saturated rings. The van der Waals surface area contributed by atoms with Gasteiger partial charge in [-0.25, -0.2) is 0 Å². The van der Waals surface area contributed by atoms with E-state index in [0.29, 0.717) is 28.6 Å². The Kier molecular flexibility index (Phi) is 8.18. The normalized spacial score (nSPS) is 11.5. The number of hydrogen-bond donors (Lipinski definition) is 5. The number of nitrogen functional groups attached to an aromatic ring is 1. The van der Waals surface area contributed by atoms with Gasteiger partial charge in [0.25, 0.3) is 11.8 Å². The first kappa shape index (κ1) is 25.0. The van der Waals surface area contributed by atoms with Gasteiger partial charge in [0.1, 0.15) is 11.7 Å². The summed E-state index contributed by atoms with van der Waals surface area (Å²) in [5, 5.41) is 11.7. The molecule has 3 aromatic rings. The molecular formula is C26H29N7O2. The lowest BCUT2D eigenvalue weighted by Crippen LogP contribution is -2.20. The molecule has 3 rings (SSSR count). The summed E-state index contributed by atoms with van der Waals surface area (Å²) < 4.78 is 0. The molecule has 0 saturated carbocycles. The van der Waals surface area contributed by atoms with Crippen molar-refractivity contribution >= 4 is 40.5 Å². The second kappa shape index (κ2) is 11.5. The molecule has 0 atom stereocenters. The van der Waals surface area contributed by atoms with Crippen LogP contribution in [0.15, 0.2) is 76.7 Å². The number of aliphatic imine (C=N–C) groups is 2. The van der Waals surface area contributed by atoms with Gasteiger partial charge in [0, 0.05) is 61.9 Å². The second-order valence-corrected chi connectivity index (χ2v) is 7.52. The van der Waals surface area contributed by atoms with E-state index in [2.05, 4.69) is 31.3 Å². The molecule has 0 unspecified atom stereocenters. The molecule has 0 aromatic heterocycles. The van der Waals surface area contributed by atoms with Crippen LogP contribution in [0.3, 0.4) is 0 Å². The molecule has 35 heavy (non-hydrogen) atoms. The van der Waals surface area contributed by atoms with Crippen molar-refractivity contribution in [3.8, 4) is 0 Å². The Labute approximate surface area is 204 Å². The molecule has 0 aliphatic carbocycles. The largest absolute Gasteiger partial charge is 0.398 e. The van der Waals surface area contributed by atoms with E-state index in [1.165, 1.54) is 12.1 Å². The molecule has 0 aliphatic heterocycles. The van der Waals surface area contributed by atoms with Gasteiger partial charge in [-0.1, -0.05) is 24.3 Å². The smallest absolute Gasteiger partial charge is 0.257 e. The predicted molar refractivity (Wildman–Crippen MR) is 143 cm³/mol. The highest BCUT2D eigenvalue weighted by Crippen LogP contribution is 2.19. The molecule has 2 amide bonds. The summed E-state index contributed by atoms with van der Waals surface area (Å²) in [4.78, 5) is 34.0. The van der Waals surface area contributed by atoms with Gasteiger partial charge in [-0.05, 0) is 42.5 Å². The maximum absolute atomic E-state index is 12.8. The Balaban J connectivity index is 1.74. The van der Waals surface area contributed by atoms with Crippen LogP contribution < -0.4 is 27.0 Å². The minimum Gasteiger partial charge on any atom is -0.398 e. The number of rotatable bonds is 6. The molecule has 0 saturated heterocycles. The van der Waals surface area contributed by atoms with Gasteiger partial charge in [0.15, 0.2) is 0 Å². The number of carbonyl (C=O) groups is 2. The third kappa shape index (κ3) is 6.02. The monoisotopic (exact) mass is 471 g/mol. The maximum Gasteiger partial charge on any atom is 0.257 e. The average Bonchev–Trinajstić information content (AvgIpc) is 2.86. The van der Waals surface area contributed by atoms with Crippen molar-refractivity contribution in [3.05, 3.63) is 89.0 Å². The maximum atomic E-state index is 12.8. The van der Waals surface area contributed by atoms with Crippen LogP contribution in [0.4, 0.5) is 17.1 Å². The lowest BCUT2D eigenvalue weighted by Gasteiger charge is -2.12. The van der Waals surface area contributed by atoms with E-state index in [9.17, 15) is 9.59 Å². The summed E-state index contributed by atoms with van der Waals surface area (Å²) in [6.45, 7) is 0. The van der Waals surface area contributed by atoms with Gasteiger partial charge in [0.05, 0.1) is 5.56 Å². The van der Waals surface area contributed by atoms with E-state index < -0.39 is 0 Å². The molecule has 9 nitrogen and oxygen atoms in total. The summed E-state index contributed by atoms with van der Waals surface area (Å²) in [7, 11) is 6.93. The number of nitrogens with two attached hydrogens (primary N) is 1. The zero-order valence-corrected chi connectivity index (χ0v) is 20.1. The van der Waals surface area contributed by atoms with E-state index in [1.807, 2.05) is 36.4 Å². The molecule has 0 bridgehead atoms. The molecule has 9 heteroatoms. The number of benzene rings is 3. The Morgan fingerprint density at radius 2 is 1.20 bits per heavy atom. The highest BCUT2D eigenvalue weighted by molar-refractivity contribution is 6.11. The van der Waals surface area contributed by atoms with Crippen molar-refractivity contribution in [1.29, 1.82) is 0 Å². The van der Waals surface area contributed by atoms with Crippen molar-refractivity contribution < 1.29 is 9.59 Å². The summed E-state index contributed by atoms with van der Waals surface area (Å²) in [5.41, 5.74) is 9.82. The fourth-order valence-corrected chi connectivity index (χ4v) is 3.57. The van der Waals surface area contributed by atoms with Crippen LogP contribution in [-0.2, 0) is 0 Å². The molecule has 0 radical (unpaired) electrons. The van der Waals surface area contributed by atoms with Crippen LogP contribution in [0.25, 0.3) is 0 Å². The molecule has 0 spiro atoms. The summed E-state index contributed by atoms with van der Waals surface area (Å²) in [6, 6.07) is 19.2. The third-order valence-electron chi connectivity index (χ3n) is 5.27. The number of nitrogens with zero attached hydrogens (tertiary/aromatic N) is 2. The molecule has 0 heterocycles. The molecule has 3 aromatic carbocycles. The number of anilines is 3. The lowest BCUT2D eigenvalue weighted by molar-refractivity contribution is 0.101. The number of carbonyl (C=O) groups excluding carboxylic acids is 2. The second-order valence-electron chi connectivity index (χ2n) is 7.52. The first-order valence-electron chi connectivity index (χ1n) is 10.9. The van der Waals surface area contributed by atoms with Gasteiger partial charge in [0.2, 0.25) is 0 Å². The fraction of sp³-hybridized carbons (Fsp3) is 0.154. The topological polar surface area (TPSA) is 133 Å². The van der Waals surface area contributed by atoms with Crippen LogP contribution in [-0.4, -0.2) is 51.7 Å². The van der Waals surface area contributed by atoms with Gasteiger partial charge >= 0.3 is 0 Å². The van der Waals surface area contributed by atoms with Crippen LogP contribution in [0.5, 0.6) is 0 Å². The number of nitrogens with one attached hydrogen (secondary N) is 4. The highest BCUT2D eigenvalue weighted by atomic mass is 16.2. The predicted octanol–water partition coefficient (Wildman–Crippen LogP) is 2.97. The quantitative estimate of drug-likeness (QED) is 0.214. The third-order valence-corrected chi connectivity index (χ3v) is 5.27. The van der Waals surface area contributed by atoms with E-state index in [-0.39, 0.29) is 23.1 Å². The van der Waals surface area contributed by atoms with Crippen molar-refractivity contribution in [2.75, 3.05) is 44.6 Å². The van der Waals surface area contributed by atoms with E-state index in [4.69, 9.17) is 5.73 Å². The van der Waals surface area contributed by atoms with Gasteiger partial charge in [-0.15, -0.1) is 0 Å². The van der Waals surface area contributed by atoms with Crippen LogP contribution >= 0.6 is 0 Å². The SMILES string of the molecule is CN=C(NC)c1cccc(NC(=O)c2ccc(C(=O)Nc3cccc(C(=NC)NC)c3)c(N)c2)c1. The average molecular weight is 472 g/mol. The van der Waals surface area contributed by atoms with Crippen molar-refractivity contribution in [3.63, 3.8) is 0 Å². The number of amidine groups is 2. The van der Waals surface area contributed by atoms with Crippen molar-refractivity contribution in [2.24, 2.45) is 9.98 Å². The summed E-state index contributed by atoms with van der Waals surface area (Å²) in [6.07, 6.45) is 0. The zero-order valence-electron chi connectivity index (χ0n) is 20.1. The fourth-order valence-electron chi connectivity index (χ4n) is 3.57. The first-order chi connectivity index (χ1) is 16.9. The van der Waals surface area contributed by atoms with E-state index in [1.54, 1.807) is 46.4 Å². The van der Waals surface area contributed by atoms with Crippen molar-refractivity contribution in [1.82, 2.24) is 10.6 Å². The van der Waals surface area contributed by atoms with E-state index in [0.717, 1.165) is 11.1 Å². The number of hydrogen-bond acceptors (Lipinski definition) is 5. The Morgan fingerprint density at radius 3 is 1.66 bits per heavy atom. The van der Waals surface area contributed by atoms with Crippen LogP contribution in [0, 0.1) is 0 Å². The minimum absolute atomic E-state index is 0.196. The standard InChI is InChI=1S/C26H29N7O2/c1-28-23(29-2)16-7-5-9-19(13-16)32-25(34)18-11-12-21(22(27)15-18)26(35)33-20-10-6-8-17(14-20)24(30-3)31-4/h5-15H,27H2,1-4H3,(H,28,29)(H,30,31)(H,32,34)(H,33,35). The lowest BCUT2D eigenvalue weighted by atomic mass is 10.1. The van der Waals surface area contributed by atoms with Crippen molar-refractivity contribution in [2.45, 2.75) is 0 Å². The van der Waals surface area contributed by atoms with Crippen LogP contribution in [0.1, 0.15) is 31.8 Å². The Bertz CT molecular complexity index is 1300. The molecule has 0 aliphatic rings. The number of amides is 2. The van der Waals surface area contributed by atoms with Gasteiger partial charge in [-0.3, -0.25) is 19.6 Å².